The SMILES string of the molecule is COc1ccc(/C=C/C(=O)N2CC[NH+]([C@H]3CCS(=O)(=O)C3)CC2)cc1. The standard InChI is InChI=1S/C18H24N2O4S/c1-24-17-5-2-15(3-6-17)4-7-18(21)20-11-9-19(10-12-20)16-8-13-25(22,23)14-16/h2-7,16H,8-14H2,1H3/p+1/b7-4+/t16-/m0/s1. The first-order chi connectivity index (χ1) is 12.0. The Morgan fingerprint density at radius 2 is 1.92 bits per heavy atom. The average Bonchev–Trinajstić information content (AvgIpc) is 3.00. The van der Waals surface area contributed by atoms with E-state index in [1.54, 1.807) is 13.2 Å². The van der Waals surface area contributed by atoms with E-state index < -0.39 is 9.84 Å². The number of carbonyl (C=O) groups is 1. The third kappa shape index (κ3) is 4.61. The molecule has 0 saturated carbocycles. The van der Waals surface area contributed by atoms with Gasteiger partial charge in [0.2, 0.25) is 5.91 Å². The first-order valence-electron chi connectivity index (χ1n) is 8.63. The number of nitrogens with zero attached hydrogens (tertiary/aromatic N) is 1. The van der Waals surface area contributed by atoms with Gasteiger partial charge in [-0.2, -0.15) is 0 Å². The fourth-order valence-corrected chi connectivity index (χ4v) is 5.35. The summed E-state index contributed by atoms with van der Waals surface area (Å²) in [6.45, 7) is 3.00. The minimum absolute atomic E-state index is 0.00825. The van der Waals surface area contributed by atoms with Gasteiger partial charge in [-0.1, -0.05) is 12.1 Å². The molecule has 25 heavy (non-hydrogen) atoms. The highest BCUT2D eigenvalue weighted by atomic mass is 32.2. The topological polar surface area (TPSA) is 68.1 Å². The molecule has 0 radical (unpaired) electrons. The predicted molar refractivity (Wildman–Crippen MR) is 96.4 cm³/mol. The Morgan fingerprint density at radius 1 is 1.24 bits per heavy atom. The summed E-state index contributed by atoms with van der Waals surface area (Å²) in [6, 6.07) is 7.75. The molecule has 1 N–H and O–H groups in total. The third-order valence-electron chi connectivity index (χ3n) is 5.06. The summed E-state index contributed by atoms with van der Waals surface area (Å²) < 4.78 is 28.4. The lowest BCUT2D eigenvalue weighted by Gasteiger charge is -2.34. The van der Waals surface area contributed by atoms with Crippen molar-refractivity contribution in [2.75, 3.05) is 44.8 Å². The monoisotopic (exact) mass is 365 g/mol. The molecule has 7 heteroatoms. The van der Waals surface area contributed by atoms with Gasteiger partial charge in [0.25, 0.3) is 0 Å². The van der Waals surface area contributed by atoms with Gasteiger partial charge in [0, 0.05) is 12.5 Å². The van der Waals surface area contributed by atoms with Crippen LogP contribution in [0.15, 0.2) is 30.3 Å². The molecule has 2 aliphatic heterocycles. The van der Waals surface area contributed by atoms with Gasteiger partial charge in [0.15, 0.2) is 9.84 Å². The number of sulfone groups is 1. The molecular formula is C18H25N2O4S+. The van der Waals surface area contributed by atoms with Crippen molar-refractivity contribution in [3.05, 3.63) is 35.9 Å². The number of methoxy groups -OCH3 is 1. The highest BCUT2D eigenvalue weighted by Crippen LogP contribution is 2.13. The number of piperazine rings is 1. The molecule has 2 saturated heterocycles. The van der Waals surface area contributed by atoms with Crippen molar-refractivity contribution >= 4 is 21.8 Å². The van der Waals surface area contributed by atoms with Crippen molar-refractivity contribution in [3.8, 4) is 5.75 Å². The molecule has 1 aromatic carbocycles. The molecule has 1 atom stereocenters. The Labute approximate surface area is 149 Å². The summed E-state index contributed by atoms with van der Waals surface area (Å²) >= 11 is 0. The molecule has 0 aromatic heterocycles. The summed E-state index contributed by atoms with van der Waals surface area (Å²) in [5.74, 6) is 1.41. The van der Waals surface area contributed by atoms with Crippen molar-refractivity contribution in [2.24, 2.45) is 0 Å². The molecule has 6 nitrogen and oxygen atoms in total. The fraction of sp³-hybridized carbons (Fsp3) is 0.500. The van der Waals surface area contributed by atoms with Gasteiger partial charge in [0.05, 0.1) is 39.0 Å². The summed E-state index contributed by atoms with van der Waals surface area (Å²) in [5, 5.41) is 0. The maximum absolute atomic E-state index is 12.3. The molecular weight excluding hydrogens is 340 g/mol. The van der Waals surface area contributed by atoms with Crippen LogP contribution in [0.2, 0.25) is 0 Å². The lowest BCUT2D eigenvalue weighted by atomic mass is 10.1. The van der Waals surface area contributed by atoms with Crippen LogP contribution in [-0.2, 0) is 14.6 Å². The number of benzene rings is 1. The molecule has 136 valence electrons. The summed E-state index contributed by atoms with van der Waals surface area (Å²) in [7, 11) is -1.22. The quantitative estimate of drug-likeness (QED) is 0.739. The second kappa shape index (κ2) is 7.58. The number of ether oxygens (including phenoxy) is 1. The first-order valence-corrected chi connectivity index (χ1v) is 10.4. The van der Waals surface area contributed by atoms with Gasteiger partial charge in [0.1, 0.15) is 17.5 Å². The van der Waals surface area contributed by atoms with Gasteiger partial charge < -0.3 is 14.5 Å². The van der Waals surface area contributed by atoms with Gasteiger partial charge in [-0.05, 0) is 23.8 Å². The zero-order valence-corrected chi connectivity index (χ0v) is 15.3. The molecule has 0 unspecified atom stereocenters. The summed E-state index contributed by atoms with van der Waals surface area (Å²) in [4.78, 5) is 15.5. The molecule has 0 spiro atoms. The molecule has 1 amide bonds. The normalized spacial score (nSPS) is 23.9. The minimum Gasteiger partial charge on any atom is -0.497 e. The number of carbonyl (C=O) groups excluding carboxylic acids is 1. The van der Waals surface area contributed by atoms with Crippen LogP contribution in [-0.4, -0.2) is 70.1 Å². The van der Waals surface area contributed by atoms with Crippen LogP contribution in [0.1, 0.15) is 12.0 Å². The number of rotatable bonds is 4. The third-order valence-corrected chi connectivity index (χ3v) is 6.83. The predicted octanol–water partition coefficient (Wildman–Crippen LogP) is -0.377. The van der Waals surface area contributed by atoms with E-state index in [-0.39, 0.29) is 11.9 Å². The second-order valence-electron chi connectivity index (χ2n) is 6.69. The van der Waals surface area contributed by atoms with Crippen LogP contribution in [0.3, 0.4) is 0 Å². The number of hydrogen-bond acceptors (Lipinski definition) is 4. The van der Waals surface area contributed by atoms with Crippen LogP contribution >= 0.6 is 0 Å². The Bertz CT molecular complexity index is 735. The molecule has 2 heterocycles. The van der Waals surface area contributed by atoms with Crippen LogP contribution < -0.4 is 9.64 Å². The van der Waals surface area contributed by atoms with Crippen LogP contribution in [0.25, 0.3) is 6.08 Å². The van der Waals surface area contributed by atoms with E-state index in [1.165, 1.54) is 4.90 Å². The van der Waals surface area contributed by atoms with E-state index in [0.29, 0.717) is 24.6 Å². The maximum Gasteiger partial charge on any atom is 0.246 e. The van der Waals surface area contributed by atoms with Crippen LogP contribution in [0, 0.1) is 0 Å². The van der Waals surface area contributed by atoms with Gasteiger partial charge in [-0.15, -0.1) is 0 Å². The molecule has 2 aliphatic rings. The molecule has 3 rings (SSSR count). The molecule has 0 aliphatic carbocycles. The second-order valence-corrected chi connectivity index (χ2v) is 8.92. The molecule has 0 bridgehead atoms. The zero-order chi connectivity index (χ0) is 17.9. The number of amides is 1. The first kappa shape index (κ1) is 17.9. The molecule has 2 fully saturated rings. The van der Waals surface area contributed by atoms with E-state index in [0.717, 1.165) is 30.8 Å². The maximum atomic E-state index is 12.3. The van der Waals surface area contributed by atoms with Gasteiger partial charge in [-0.25, -0.2) is 8.42 Å². The molecule has 1 aromatic rings. The Morgan fingerprint density at radius 3 is 2.48 bits per heavy atom. The van der Waals surface area contributed by atoms with E-state index in [1.807, 2.05) is 35.2 Å². The average molecular weight is 365 g/mol. The number of hydrogen-bond donors (Lipinski definition) is 1. The summed E-state index contributed by atoms with van der Waals surface area (Å²) in [6.07, 6.45) is 4.17. The minimum atomic E-state index is -2.84. The van der Waals surface area contributed by atoms with Crippen molar-refractivity contribution in [1.82, 2.24) is 4.90 Å². The van der Waals surface area contributed by atoms with Crippen molar-refractivity contribution in [1.29, 1.82) is 0 Å². The lowest BCUT2D eigenvalue weighted by molar-refractivity contribution is -0.925. The van der Waals surface area contributed by atoms with Crippen molar-refractivity contribution < 1.29 is 22.8 Å². The smallest absolute Gasteiger partial charge is 0.246 e. The summed E-state index contributed by atoms with van der Waals surface area (Å²) in [5.41, 5.74) is 0.953. The van der Waals surface area contributed by atoms with E-state index in [2.05, 4.69) is 0 Å². The fourth-order valence-electron chi connectivity index (χ4n) is 3.53. The lowest BCUT2D eigenvalue weighted by Crippen LogP contribution is -3.18. The Hall–Kier alpha value is -1.86. The Balaban J connectivity index is 1.50. The van der Waals surface area contributed by atoms with E-state index in [9.17, 15) is 13.2 Å². The van der Waals surface area contributed by atoms with Gasteiger partial charge in [-0.3, -0.25) is 4.79 Å². The van der Waals surface area contributed by atoms with Crippen molar-refractivity contribution in [2.45, 2.75) is 12.5 Å². The van der Waals surface area contributed by atoms with Gasteiger partial charge >= 0.3 is 0 Å². The highest BCUT2D eigenvalue weighted by molar-refractivity contribution is 7.91. The Kier molecular flexibility index (Phi) is 5.44. The van der Waals surface area contributed by atoms with Crippen molar-refractivity contribution in [3.63, 3.8) is 0 Å². The van der Waals surface area contributed by atoms with Crippen LogP contribution in [0.5, 0.6) is 5.75 Å². The van der Waals surface area contributed by atoms with E-state index >= 15 is 0 Å². The van der Waals surface area contributed by atoms with E-state index in [4.69, 9.17) is 4.74 Å². The zero-order valence-electron chi connectivity index (χ0n) is 14.5. The largest absolute Gasteiger partial charge is 0.497 e. The van der Waals surface area contributed by atoms with Crippen LogP contribution in [0.4, 0.5) is 0 Å². The number of nitrogens with one attached hydrogen (secondary N) is 1. The number of quaternary nitrogens is 1. The highest BCUT2D eigenvalue weighted by Gasteiger charge is 2.37.